The Labute approximate surface area is 352 Å². The van der Waals surface area contributed by atoms with Crippen LogP contribution in [0, 0.1) is 17.8 Å². The van der Waals surface area contributed by atoms with Gasteiger partial charge < -0.3 is 50.2 Å². The van der Waals surface area contributed by atoms with E-state index in [1.54, 1.807) is 37.3 Å². The van der Waals surface area contributed by atoms with E-state index in [9.17, 15) is 49.2 Å². The number of methoxy groups -OCH3 is 1. The Bertz CT molecular complexity index is 2190. The Morgan fingerprint density at radius 2 is 1.69 bits per heavy atom. The molecule has 0 bridgehead atoms. The summed E-state index contributed by atoms with van der Waals surface area (Å²) >= 11 is 0. The van der Waals surface area contributed by atoms with Crippen LogP contribution in [0.15, 0.2) is 60.2 Å². The molecule has 61 heavy (non-hydrogen) atoms. The highest BCUT2D eigenvalue weighted by Crippen LogP contribution is 2.51. The maximum Gasteiger partial charge on any atom is 0.251 e. The normalized spacial score (nSPS) is 27.4. The summed E-state index contributed by atoms with van der Waals surface area (Å²) in [6.45, 7) is 5.44. The number of phenols is 2. The molecule has 2 aromatic rings. The first-order valence-corrected chi connectivity index (χ1v) is 20.6. The van der Waals surface area contributed by atoms with Gasteiger partial charge in [0.1, 0.15) is 24.2 Å². The second-order valence-corrected chi connectivity index (χ2v) is 16.4. The Hall–Kier alpha value is -5.52. The molecule has 16 nitrogen and oxygen atoms in total. The highest BCUT2D eigenvalue weighted by Gasteiger charge is 2.45. The largest absolute Gasteiger partial charge is 0.507 e. The molecule has 0 radical (unpaired) electrons. The Morgan fingerprint density at radius 3 is 2.33 bits per heavy atom. The van der Waals surface area contributed by atoms with Crippen LogP contribution in [-0.4, -0.2) is 118 Å². The van der Waals surface area contributed by atoms with Gasteiger partial charge in [-0.15, -0.1) is 0 Å². The van der Waals surface area contributed by atoms with Crippen molar-refractivity contribution in [3.63, 3.8) is 0 Å². The summed E-state index contributed by atoms with van der Waals surface area (Å²) in [5.41, 5.74) is -0.329. The van der Waals surface area contributed by atoms with Crippen molar-refractivity contribution in [2.45, 2.75) is 82.5 Å². The molecule has 2 aliphatic heterocycles. The molecule has 324 valence electrons. The van der Waals surface area contributed by atoms with Gasteiger partial charge in [-0.25, -0.2) is 0 Å². The lowest BCUT2D eigenvalue weighted by Gasteiger charge is -2.41. The molecule has 4 unspecified atom stereocenters. The molecule has 2 fully saturated rings. The molecule has 2 aromatic carbocycles. The van der Waals surface area contributed by atoms with Crippen molar-refractivity contribution in [3.8, 4) is 11.5 Å². The summed E-state index contributed by atoms with van der Waals surface area (Å²) < 4.78 is 17.5. The van der Waals surface area contributed by atoms with Gasteiger partial charge >= 0.3 is 0 Å². The van der Waals surface area contributed by atoms with E-state index < -0.39 is 89.1 Å². The number of nitrogens with zero attached hydrogens (tertiary/aromatic N) is 1. The van der Waals surface area contributed by atoms with Gasteiger partial charge in [-0.05, 0) is 75.6 Å². The molecule has 6 atom stereocenters. The molecular formula is C45H51N3O13. The van der Waals surface area contributed by atoms with Crippen molar-refractivity contribution in [1.82, 2.24) is 10.2 Å². The zero-order valence-corrected chi connectivity index (χ0v) is 34.1. The minimum atomic E-state index is -1.21. The standard InChI is InChI=1S/C45H51N3O13/c1-4-28-30(21-59-3)42(55)38-37(40(28)53)41(54)29-16-26(32(50)20-49)17-33(36(29)43(38)56)61-35-18-31(39(52)22(2)60-35)47-45(58)25-11-13-27(14-12-25)46-44(57)24-9-7-23(8-10-24)19-48-15-5-6-34(48)51/h4-6,11-14,22-24,26,31,33,35,39,49,52,54,56H,1,7-10,15-21H2,2-3H3,(H,46,57)(H,47,58)/t22-,23?,24?,26?,31-,33?,35?,39?/m0/s1. The number of hydrogen-bond donors (Lipinski definition) is 6. The third-order valence-electron chi connectivity index (χ3n) is 12.6. The van der Waals surface area contributed by atoms with Crippen molar-refractivity contribution in [3.05, 3.63) is 88.0 Å². The second kappa shape index (κ2) is 18.2. The number of allylic oxidation sites excluding steroid dienone is 2. The molecule has 3 aliphatic carbocycles. The van der Waals surface area contributed by atoms with E-state index in [1.165, 1.54) is 13.2 Å². The van der Waals surface area contributed by atoms with Gasteiger partial charge in [-0.1, -0.05) is 18.7 Å². The van der Waals surface area contributed by atoms with Gasteiger partial charge in [0.2, 0.25) is 11.8 Å². The van der Waals surface area contributed by atoms with E-state index in [-0.39, 0.29) is 71.4 Å². The number of rotatable bonds is 13. The summed E-state index contributed by atoms with van der Waals surface area (Å²) in [6.07, 6.45) is 2.97. The second-order valence-electron chi connectivity index (χ2n) is 16.4. The predicted molar refractivity (Wildman–Crippen MR) is 218 cm³/mol. The van der Waals surface area contributed by atoms with Crippen LogP contribution in [0.25, 0.3) is 0 Å². The summed E-state index contributed by atoms with van der Waals surface area (Å²) in [5, 5.41) is 50.0. The number of ether oxygens (including phenoxy) is 3. The topological polar surface area (TPSA) is 238 Å². The molecule has 2 heterocycles. The number of amides is 3. The summed E-state index contributed by atoms with van der Waals surface area (Å²) in [4.78, 5) is 80.7. The first-order valence-electron chi connectivity index (χ1n) is 20.6. The van der Waals surface area contributed by atoms with Crippen molar-refractivity contribution in [1.29, 1.82) is 0 Å². The van der Waals surface area contributed by atoms with Gasteiger partial charge in [0, 0.05) is 78.1 Å². The molecule has 0 spiro atoms. The quantitative estimate of drug-likeness (QED) is 0.159. The number of Topliss-reactive ketones (excluding diaryl/α,β-unsaturated/α-hetero) is 3. The number of benzene rings is 2. The number of aliphatic hydroxyl groups excluding tert-OH is 2. The minimum absolute atomic E-state index is 0.00979. The van der Waals surface area contributed by atoms with Gasteiger partial charge in [-0.2, -0.15) is 0 Å². The Kier molecular flexibility index (Phi) is 13.0. The van der Waals surface area contributed by atoms with Gasteiger partial charge in [0.15, 0.2) is 23.6 Å². The van der Waals surface area contributed by atoms with E-state index in [2.05, 4.69) is 17.2 Å². The SMILES string of the molecule is C=CC1=C(COC)C(=O)c2c(O)c3c(c(O)c2C1=O)CC(C(=O)CO)CC3OC1C[C@H](NC(=O)c2ccc(NC(=O)C3CCC(CN4CC=CC4=O)CC3)cc2)C(O)[C@H](C)O1. The fraction of sp³-hybridized carbons (Fsp3) is 0.467. The fourth-order valence-corrected chi connectivity index (χ4v) is 9.27. The molecule has 3 amide bonds. The van der Waals surface area contributed by atoms with Crippen molar-refractivity contribution in [2.24, 2.45) is 17.8 Å². The summed E-state index contributed by atoms with van der Waals surface area (Å²) in [7, 11) is 1.33. The molecule has 0 aromatic heterocycles. The zero-order chi connectivity index (χ0) is 43.7. The molecule has 1 saturated heterocycles. The highest BCUT2D eigenvalue weighted by molar-refractivity contribution is 6.30. The minimum Gasteiger partial charge on any atom is -0.507 e. The van der Waals surface area contributed by atoms with Crippen LogP contribution in [0.4, 0.5) is 5.69 Å². The number of phenolic OH excluding ortho intramolecular Hbond substituents is 2. The lowest BCUT2D eigenvalue weighted by molar-refractivity contribution is -0.245. The van der Waals surface area contributed by atoms with Crippen molar-refractivity contribution in [2.75, 3.05) is 38.7 Å². The van der Waals surface area contributed by atoms with Crippen LogP contribution < -0.4 is 10.6 Å². The average molecular weight is 842 g/mol. The monoisotopic (exact) mass is 841 g/mol. The number of hydrogen-bond acceptors (Lipinski definition) is 13. The molecule has 7 rings (SSSR count). The van der Waals surface area contributed by atoms with E-state index in [0.717, 1.165) is 12.8 Å². The summed E-state index contributed by atoms with van der Waals surface area (Å²) in [6, 6.07) is 5.44. The van der Waals surface area contributed by atoms with Crippen LogP contribution in [0.3, 0.4) is 0 Å². The maximum atomic E-state index is 13.8. The number of carbonyl (C=O) groups excluding carboxylic acids is 6. The van der Waals surface area contributed by atoms with Crippen LogP contribution in [0.2, 0.25) is 0 Å². The molecular weight excluding hydrogens is 791 g/mol. The van der Waals surface area contributed by atoms with Crippen LogP contribution >= 0.6 is 0 Å². The molecule has 1 saturated carbocycles. The van der Waals surface area contributed by atoms with E-state index >= 15 is 0 Å². The third-order valence-corrected chi connectivity index (χ3v) is 12.6. The Balaban J connectivity index is 1.03. The first-order chi connectivity index (χ1) is 29.2. The summed E-state index contributed by atoms with van der Waals surface area (Å²) in [5.74, 6) is -4.66. The van der Waals surface area contributed by atoms with Crippen LogP contribution in [0.5, 0.6) is 11.5 Å². The molecule has 5 aliphatic rings. The predicted octanol–water partition coefficient (Wildman–Crippen LogP) is 3.23. The van der Waals surface area contributed by atoms with Crippen LogP contribution in [0.1, 0.15) is 93.8 Å². The molecule has 6 N–H and O–H groups in total. The number of aliphatic hydroxyl groups is 2. The number of fused-ring (bicyclic) bond motifs is 2. The lowest BCUT2D eigenvalue weighted by Crippen LogP contribution is -2.55. The number of anilines is 1. The van der Waals surface area contributed by atoms with Crippen molar-refractivity contribution < 1.29 is 63.4 Å². The van der Waals surface area contributed by atoms with E-state index in [0.29, 0.717) is 37.5 Å². The molecule has 16 heteroatoms. The lowest BCUT2D eigenvalue weighted by atomic mass is 9.74. The van der Waals surface area contributed by atoms with Gasteiger partial charge in [0.25, 0.3) is 5.91 Å². The number of aromatic hydroxyl groups is 2. The maximum absolute atomic E-state index is 13.8. The fourth-order valence-electron chi connectivity index (χ4n) is 9.27. The van der Waals surface area contributed by atoms with E-state index in [1.807, 2.05) is 11.0 Å². The smallest absolute Gasteiger partial charge is 0.251 e. The number of ketones is 3. The first kappa shape index (κ1) is 43.6. The van der Waals surface area contributed by atoms with Gasteiger partial charge in [-0.3, -0.25) is 28.8 Å². The Morgan fingerprint density at radius 1 is 0.984 bits per heavy atom. The third kappa shape index (κ3) is 8.68. The van der Waals surface area contributed by atoms with Crippen molar-refractivity contribution >= 4 is 40.8 Å². The van der Waals surface area contributed by atoms with Gasteiger partial charge in [0.05, 0.1) is 36.0 Å². The highest BCUT2D eigenvalue weighted by atomic mass is 16.7. The zero-order valence-electron chi connectivity index (χ0n) is 34.1. The average Bonchev–Trinajstić information content (AvgIpc) is 3.66. The number of carbonyl (C=O) groups is 6. The van der Waals surface area contributed by atoms with Crippen LogP contribution in [-0.2, 0) is 35.0 Å². The number of nitrogens with one attached hydrogen (secondary N) is 2. The van der Waals surface area contributed by atoms with E-state index in [4.69, 9.17) is 14.2 Å².